The third-order valence-corrected chi connectivity index (χ3v) is 5.38. The molecule has 1 aliphatic carbocycles. The van der Waals surface area contributed by atoms with E-state index in [0.717, 1.165) is 19.3 Å². The molecular weight excluding hydrogens is 268 g/mol. The smallest absolute Gasteiger partial charge is 0.162 e. The lowest BCUT2D eigenvalue weighted by molar-refractivity contribution is 0.148. The number of halogens is 2. The van der Waals surface area contributed by atoms with E-state index in [9.17, 15) is 8.78 Å². The molecule has 1 aromatic carbocycles. The average Bonchev–Trinajstić information content (AvgIpc) is 2.44. The molecule has 2 rings (SSSR count). The van der Waals surface area contributed by atoms with Crippen LogP contribution >= 0.6 is 0 Å². The third-order valence-electron chi connectivity index (χ3n) is 5.38. The van der Waals surface area contributed by atoms with Crippen LogP contribution in [0.5, 0.6) is 0 Å². The Hall–Kier alpha value is -0.960. The van der Waals surface area contributed by atoms with Gasteiger partial charge in [0, 0.05) is 6.04 Å². The van der Waals surface area contributed by atoms with E-state index < -0.39 is 11.6 Å². The van der Waals surface area contributed by atoms with Crippen LogP contribution in [0.2, 0.25) is 0 Å². The van der Waals surface area contributed by atoms with Crippen LogP contribution in [0.25, 0.3) is 0 Å². The van der Waals surface area contributed by atoms with Gasteiger partial charge in [-0.05, 0) is 55.2 Å². The molecule has 0 spiro atoms. The van der Waals surface area contributed by atoms with E-state index in [0.29, 0.717) is 29.0 Å². The maximum Gasteiger partial charge on any atom is 0.162 e. The van der Waals surface area contributed by atoms with Crippen molar-refractivity contribution in [3.05, 3.63) is 34.9 Å². The standard InChI is InChI=1S/C18H27F2N/c1-11-6-8-13(15(10-11)21-5)18(3,4)14-9-7-12(2)16(19)17(14)20/h7,9,11,13,15,21H,6,8,10H2,1-5H3. The summed E-state index contributed by atoms with van der Waals surface area (Å²) in [5.41, 5.74) is 0.492. The topological polar surface area (TPSA) is 12.0 Å². The van der Waals surface area contributed by atoms with Crippen LogP contribution in [0, 0.1) is 30.4 Å². The van der Waals surface area contributed by atoms with E-state index in [1.165, 1.54) is 0 Å². The summed E-state index contributed by atoms with van der Waals surface area (Å²) >= 11 is 0. The van der Waals surface area contributed by atoms with Crippen LogP contribution < -0.4 is 5.32 Å². The molecule has 1 saturated carbocycles. The van der Waals surface area contributed by atoms with Gasteiger partial charge in [0.15, 0.2) is 11.6 Å². The second-order valence-electron chi connectivity index (χ2n) is 7.20. The first-order chi connectivity index (χ1) is 9.78. The van der Waals surface area contributed by atoms with Gasteiger partial charge in [0.25, 0.3) is 0 Å². The van der Waals surface area contributed by atoms with Crippen molar-refractivity contribution in [2.24, 2.45) is 11.8 Å². The Morgan fingerprint density at radius 3 is 2.43 bits per heavy atom. The summed E-state index contributed by atoms with van der Waals surface area (Å²) in [6.07, 6.45) is 3.30. The van der Waals surface area contributed by atoms with Gasteiger partial charge in [0.2, 0.25) is 0 Å². The molecule has 0 aromatic heterocycles. The van der Waals surface area contributed by atoms with Crippen molar-refractivity contribution >= 4 is 0 Å². The van der Waals surface area contributed by atoms with Crippen molar-refractivity contribution in [3.63, 3.8) is 0 Å². The Balaban J connectivity index is 2.39. The lowest BCUT2D eigenvalue weighted by Crippen LogP contribution is -2.47. The van der Waals surface area contributed by atoms with Gasteiger partial charge in [0.05, 0.1) is 0 Å². The first kappa shape index (κ1) is 16.4. The highest BCUT2D eigenvalue weighted by Gasteiger charge is 2.41. The Labute approximate surface area is 127 Å². The number of hydrogen-bond acceptors (Lipinski definition) is 1. The van der Waals surface area contributed by atoms with Crippen LogP contribution in [0.15, 0.2) is 12.1 Å². The van der Waals surface area contributed by atoms with Gasteiger partial charge in [-0.25, -0.2) is 8.78 Å². The van der Waals surface area contributed by atoms with Gasteiger partial charge in [-0.3, -0.25) is 0 Å². The van der Waals surface area contributed by atoms with Gasteiger partial charge in [-0.1, -0.05) is 39.3 Å². The molecule has 3 heteroatoms. The summed E-state index contributed by atoms with van der Waals surface area (Å²) in [6, 6.07) is 3.81. The maximum atomic E-state index is 14.4. The molecule has 3 unspecified atom stereocenters. The SMILES string of the molecule is CNC1CC(C)CCC1C(C)(C)c1ccc(C)c(F)c1F. The average molecular weight is 295 g/mol. The summed E-state index contributed by atoms with van der Waals surface area (Å²) in [6.45, 7) is 7.96. The Bertz CT molecular complexity index is 510. The number of rotatable bonds is 3. The van der Waals surface area contributed by atoms with Crippen molar-refractivity contribution in [1.29, 1.82) is 0 Å². The molecule has 1 aromatic rings. The van der Waals surface area contributed by atoms with Gasteiger partial charge >= 0.3 is 0 Å². The van der Waals surface area contributed by atoms with Crippen LogP contribution in [-0.4, -0.2) is 13.1 Å². The molecule has 118 valence electrons. The van der Waals surface area contributed by atoms with Crippen molar-refractivity contribution in [1.82, 2.24) is 5.32 Å². The highest BCUT2D eigenvalue weighted by atomic mass is 19.2. The minimum Gasteiger partial charge on any atom is -0.317 e. The largest absolute Gasteiger partial charge is 0.317 e. The lowest BCUT2D eigenvalue weighted by atomic mass is 9.63. The fraction of sp³-hybridized carbons (Fsp3) is 0.667. The fourth-order valence-corrected chi connectivity index (χ4v) is 3.91. The second-order valence-corrected chi connectivity index (χ2v) is 7.20. The van der Waals surface area contributed by atoms with E-state index in [1.54, 1.807) is 19.1 Å². The molecule has 0 bridgehead atoms. The molecule has 0 saturated heterocycles. The zero-order chi connectivity index (χ0) is 15.8. The van der Waals surface area contributed by atoms with E-state index in [4.69, 9.17) is 0 Å². The molecule has 0 radical (unpaired) electrons. The monoisotopic (exact) mass is 295 g/mol. The number of hydrogen-bond donors (Lipinski definition) is 1. The number of nitrogens with one attached hydrogen (secondary N) is 1. The molecule has 1 aliphatic rings. The molecule has 0 aliphatic heterocycles. The van der Waals surface area contributed by atoms with Crippen LogP contribution in [0.4, 0.5) is 8.78 Å². The molecule has 1 nitrogen and oxygen atoms in total. The van der Waals surface area contributed by atoms with E-state index in [2.05, 4.69) is 12.2 Å². The molecule has 1 fully saturated rings. The van der Waals surface area contributed by atoms with Crippen LogP contribution in [0.3, 0.4) is 0 Å². The third kappa shape index (κ3) is 2.98. The maximum absolute atomic E-state index is 14.4. The molecule has 0 amide bonds. The van der Waals surface area contributed by atoms with Crippen molar-refractivity contribution in [3.8, 4) is 0 Å². The molecule has 1 N–H and O–H groups in total. The van der Waals surface area contributed by atoms with Gasteiger partial charge in [-0.15, -0.1) is 0 Å². The highest BCUT2D eigenvalue weighted by Crippen LogP contribution is 2.43. The van der Waals surface area contributed by atoms with Gasteiger partial charge in [-0.2, -0.15) is 0 Å². The molecule has 3 atom stereocenters. The normalized spacial score (nSPS) is 26.9. The molecule has 0 heterocycles. The van der Waals surface area contributed by atoms with Crippen molar-refractivity contribution in [2.75, 3.05) is 7.05 Å². The summed E-state index contributed by atoms with van der Waals surface area (Å²) in [5.74, 6) is -0.372. The molecular formula is C18H27F2N. The van der Waals surface area contributed by atoms with E-state index in [1.807, 2.05) is 20.9 Å². The minimum absolute atomic E-state index is 0.315. The quantitative estimate of drug-likeness (QED) is 0.861. The first-order valence-electron chi connectivity index (χ1n) is 7.91. The van der Waals surface area contributed by atoms with Crippen LogP contribution in [-0.2, 0) is 5.41 Å². The Morgan fingerprint density at radius 2 is 1.81 bits per heavy atom. The fourth-order valence-electron chi connectivity index (χ4n) is 3.91. The predicted octanol–water partition coefficient (Wildman–Crippen LogP) is 4.58. The first-order valence-corrected chi connectivity index (χ1v) is 7.91. The number of benzene rings is 1. The molecule has 21 heavy (non-hydrogen) atoms. The highest BCUT2D eigenvalue weighted by molar-refractivity contribution is 5.32. The summed E-state index contributed by atoms with van der Waals surface area (Å²) < 4.78 is 28.4. The lowest BCUT2D eigenvalue weighted by Gasteiger charge is -2.44. The van der Waals surface area contributed by atoms with Gasteiger partial charge in [0.1, 0.15) is 0 Å². The summed E-state index contributed by atoms with van der Waals surface area (Å²) in [5, 5.41) is 3.39. The minimum atomic E-state index is -0.703. The summed E-state index contributed by atoms with van der Waals surface area (Å²) in [4.78, 5) is 0. The summed E-state index contributed by atoms with van der Waals surface area (Å²) in [7, 11) is 1.97. The Morgan fingerprint density at radius 1 is 1.14 bits per heavy atom. The van der Waals surface area contributed by atoms with Gasteiger partial charge < -0.3 is 5.32 Å². The zero-order valence-corrected chi connectivity index (χ0v) is 13.8. The zero-order valence-electron chi connectivity index (χ0n) is 13.8. The predicted molar refractivity (Wildman–Crippen MR) is 83.5 cm³/mol. The number of aryl methyl sites for hydroxylation is 1. The van der Waals surface area contributed by atoms with E-state index in [-0.39, 0.29) is 5.41 Å². The second kappa shape index (κ2) is 6.04. The van der Waals surface area contributed by atoms with Crippen molar-refractivity contribution < 1.29 is 8.78 Å². The van der Waals surface area contributed by atoms with Crippen LogP contribution in [0.1, 0.15) is 51.2 Å². The Kier molecular flexibility index (Phi) is 4.72. The van der Waals surface area contributed by atoms with E-state index >= 15 is 0 Å². The van der Waals surface area contributed by atoms with Crippen molar-refractivity contribution in [2.45, 2.75) is 58.4 Å².